The molecule has 0 aromatic heterocycles. The number of hydrogen-bond donors (Lipinski definition) is 0. The third-order valence-electron chi connectivity index (χ3n) is 1.81. The topological polar surface area (TPSA) is 3.24 Å². The van der Waals surface area contributed by atoms with Gasteiger partial charge in [0.2, 0.25) is 0 Å². The van der Waals surface area contributed by atoms with Crippen molar-refractivity contribution in [3.05, 3.63) is 35.6 Å². The smallest absolute Gasteiger partial charge is 0.123 e. The van der Waals surface area contributed by atoms with Crippen LogP contribution in [-0.4, -0.2) is 23.8 Å². The third-order valence-corrected chi connectivity index (χ3v) is 2.16. The summed E-state index contributed by atoms with van der Waals surface area (Å²) < 4.78 is 12.8. The normalized spacial score (nSPS) is 10.8. The maximum Gasteiger partial charge on any atom is 0.123 e. The highest BCUT2D eigenvalue weighted by molar-refractivity contribution is 9.09. The molecule has 0 aliphatic rings. The summed E-state index contributed by atoms with van der Waals surface area (Å²) in [5.41, 5.74) is 1.02. The zero-order valence-electron chi connectivity index (χ0n) is 7.63. The van der Waals surface area contributed by atoms with Gasteiger partial charge in [0.1, 0.15) is 5.82 Å². The van der Waals surface area contributed by atoms with Crippen LogP contribution in [0.25, 0.3) is 0 Å². The van der Waals surface area contributed by atoms with E-state index in [2.05, 4.69) is 20.8 Å². The second-order valence-corrected chi connectivity index (χ2v) is 3.85. The summed E-state index contributed by atoms with van der Waals surface area (Å²) in [5.74, 6) is -0.162. The summed E-state index contributed by atoms with van der Waals surface area (Å²) in [4.78, 5) is 2.14. The molecule has 13 heavy (non-hydrogen) atoms. The van der Waals surface area contributed by atoms with Crippen LogP contribution >= 0.6 is 15.9 Å². The third kappa shape index (κ3) is 3.87. The van der Waals surface area contributed by atoms with Gasteiger partial charge in [0.25, 0.3) is 0 Å². The molecule has 1 rings (SSSR count). The predicted molar refractivity (Wildman–Crippen MR) is 56.5 cm³/mol. The molecule has 0 N–H and O–H groups in total. The monoisotopic (exact) mass is 245 g/mol. The van der Waals surface area contributed by atoms with Gasteiger partial charge in [0, 0.05) is 18.4 Å². The Labute approximate surface area is 86.7 Å². The van der Waals surface area contributed by atoms with Crippen molar-refractivity contribution < 1.29 is 4.39 Å². The Morgan fingerprint density at radius 3 is 2.85 bits per heavy atom. The van der Waals surface area contributed by atoms with Crippen molar-refractivity contribution in [3.8, 4) is 0 Å². The van der Waals surface area contributed by atoms with E-state index >= 15 is 0 Å². The van der Waals surface area contributed by atoms with Crippen molar-refractivity contribution in [1.29, 1.82) is 0 Å². The lowest BCUT2D eigenvalue weighted by molar-refractivity contribution is 0.349. The van der Waals surface area contributed by atoms with E-state index in [1.54, 1.807) is 12.1 Å². The van der Waals surface area contributed by atoms with Crippen molar-refractivity contribution >= 4 is 15.9 Å². The lowest BCUT2D eigenvalue weighted by atomic mass is 10.2. The van der Waals surface area contributed by atoms with E-state index in [0.29, 0.717) is 0 Å². The number of benzene rings is 1. The van der Waals surface area contributed by atoms with Gasteiger partial charge >= 0.3 is 0 Å². The summed E-state index contributed by atoms with van der Waals surface area (Å²) in [6, 6.07) is 6.72. The second-order valence-electron chi connectivity index (χ2n) is 3.06. The van der Waals surface area contributed by atoms with Crippen LogP contribution in [0.15, 0.2) is 24.3 Å². The lowest BCUT2D eigenvalue weighted by Gasteiger charge is -2.14. The van der Waals surface area contributed by atoms with E-state index in [4.69, 9.17) is 0 Å². The molecule has 0 bridgehead atoms. The molecule has 72 valence electrons. The van der Waals surface area contributed by atoms with Gasteiger partial charge in [0.15, 0.2) is 0 Å². The van der Waals surface area contributed by atoms with Crippen molar-refractivity contribution in [1.82, 2.24) is 4.90 Å². The van der Waals surface area contributed by atoms with Gasteiger partial charge in [-0.2, -0.15) is 0 Å². The van der Waals surface area contributed by atoms with Gasteiger partial charge in [-0.05, 0) is 24.7 Å². The van der Waals surface area contributed by atoms with E-state index in [-0.39, 0.29) is 5.82 Å². The van der Waals surface area contributed by atoms with Crippen LogP contribution in [0, 0.1) is 5.82 Å². The molecule has 0 radical (unpaired) electrons. The zero-order valence-corrected chi connectivity index (χ0v) is 9.22. The summed E-state index contributed by atoms with van der Waals surface area (Å²) in [6.45, 7) is 1.76. The van der Waals surface area contributed by atoms with E-state index < -0.39 is 0 Å². The van der Waals surface area contributed by atoms with Crippen LogP contribution in [0.3, 0.4) is 0 Å². The Hall–Kier alpha value is -0.410. The van der Waals surface area contributed by atoms with Crippen molar-refractivity contribution in [3.63, 3.8) is 0 Å². The molecule has 3 heteroatoms. The predicted octanol–water partition coefficient (Wildman–Crippen LogP) is 2.65. The molecule has 0 amide bonds. The maximum absolute atomic E-state index is 12.8. The summed E-state index contributed by atoms with van der Waals surface area (Å²) in [6.07, 6.45) is 0. The van der Waals surface area contributed by atoms with Gasteiger partial charge in [-0.15, -0.1) is 0 Å². The Morgan fingerprint density at radius 2 is 2.23 bits per heavy atom. The van der Waals surface area contributed by atoms with Gasteiger partial charge < -0.3 is 4.90 Å². The molecule has 0 spiro atoms. The number of alkyl halides is 1. The first-order valence-corrected chi connectivity index (χ1v) is 5.33. The van der Waals surface area contributed by atoms with Gasteiger partial charge in [0.05, 0.1) is 0 Å². The molecule has 1 aromatic rings. The van der Waals surface area contributed by atoms with Crippen LogP contribution in [0.1, 0.15) is 5.56 Å². The van der Waals surface area contributed by atoms with E-state index in [0.717, 1.165) is 24.0 Å². The summed E-state index contributed by atoms with van der Waals surface area (Å²) in [7, 11) is 2.02. The average Bonchev–Trinajstić information content (AvgIpc) is 2.04. The molecule has 0 heterocycles. The lowest BCUT2D eigenvalue weighted by Crippen LogP contribution is -2.19. The van der Waals surface area contributed by atoms with Crippen molar-refractivity contribution in [2.45, 2.75) is 6.54 Å². The van der Waals surface area contributed by atoms with Gasteiger partial charge in [-0.1, -0.05) is 28.1 Å². The maximum atomic E-state index is 12.8. The number of nitrogens with zero attached hydrogens (tertiary/aromatic N) is 1. The van der Waals surface area contributed by atoms with E-state index in [9.17, 15) is 4.39 Å². The highest BCUT2D eigenvalue weighted by atomic mass is 79.9. The summed E-state index contributed by atoms with van der Waals surface area (Å²) in [5, 5.41) is 0.943. The standard InChI is InChI=1S/C10H13BrFN/c1-13(6-5-11)8-9-3-2-4-10(12)7-9/h2-4,7H,5-6,8H2,1H3. The largest absolute Gasteiger partial charge is 0.301 e. The molecule has 1 aromatic carbocycles. The Bertz CT molecular complexity index is 265. The number of rotatable bonds is 4. The van der Waals surface area contributed by atoms with Crippen LogP contribution in [0.4, 0.5) is 4.39 Å². The SMILES string of the molecule is CN(CCBr)Cc1cccc(F)c1. The van der Waals surface area contributed by atoms with Crippen molar-refractivity contribution in [2.24, 2.45) is 0 Å². The van der Waals surface area contributed by atoms with Gasteiger partial charge in [-0.25, -0.2) is 4.39 Å². The van der Waals surface area contributed by atoms with Crippen LogP contribution < -0.4 is 0 Å². The van der Waals surface area contributed by atoms with Crippen LogP contribution in [0.2, 0.25) is 0 Å². The average molecular weight is 246 g/mol. The summed E-state index contributed by atoms with van der Waals surface area (Å²) >= 11 is 3.36. The Kier molecular flexibility index (Phi) is 4.39. The number of hydrogen-bond acceptors (Lipinski definition) is 1. The Balaban J connectivity index is 2.53. The Morgan fingerprint density at radius 1 is 1.46 bits per heavy atom. The molecule has 0 saturated carbocycles. The highest BCUT2D eigenvalue weighted by Crippen LogP contribution is 2.05. The fraction of sp³-hybridized carbons (Fsp3) is 0.400. The minimum atomic E-state index is -0.162. The molecule has 0 unspecified atom stereocenters. The molecule has 0 aliphatic carbocycles. The van der Waals surface area contributed by atoms with Crippen LogP contribution in [0.5, 0.6) is 0 Å². The van der Waals surface area contributed by atoms with Gasteiger partial charge in [-0.3, -0.25) is 0 Å². The fourth-order valence-corrected chi connectivity index (χ4v) is 1.78. The molecule has 0 atom stereocenters. The van der Waals surface area contributed by atoms with E-state index in [1.165, 1.54) is 6.07 Å². The molecule has 1 nitrogen and oxygen atoms in total. The fourth-order valence-electron chi connectivity index (χ4n) is 1.17. The quantitative estimate of drug-likeness (QED) is 0.738. The van der Waals surface area contributed by atoms with E-state index in [1.807, 2.05) is 13.1 Å². The molecule has 0 saturated heterocycles. The minimum absolute atomic E-state index is 0.162. The zero-order chi connectivity index (χ0) is 9.68. The molecule has 0 aliphatic heterocycles. The molecular weight excluding hydrogens is 233 g/mol. The van der Waals surface area contributed by atoms with Crippen molar-refractivity contribution in [2.75, 3.05) is 18.9 Å². The highest BCUT2D eigenvalue weighted by Gasteiger charge is 1.99. The molecular formula is C10H13BrFN. The first-order valence-electron chi connectivity index (χ1n) is 4.21. The number of halogens is 2. The second kappa shape index (κ2) is 5.35. The first kappa shape index (κ1) is 10.7. The molecule has 0 fully saturated rings. The van der Waals surface area contributed by atoms with Crippen LogP contribution in [-0.2, 0) is 6.54 Å². The minimum Gasteiger partial charge on any atom is -0.301 e. The first-order chi connectivity index (χ1) is 6.22.